The predicted molar refractivity (Wildman–Crippen MR) is 107 cm³/mol. The van der Waals surface area contributed by atoms with E-state index in [1.807, 2.05) is 0 Å². The molecule has 3 rings (SSSR count). The van der Waals surface area contributed by atoms with Gasteiger partial charge in [0.1, 0.15) is 23.3 Å². The number of anilines is 1. The Labute approximate surface area is 184 Å². The number of carbonyl (C=O) groups is 3. The SMILES string of the molecule is Cn1cc(C(=O)C(=O)N[C@H](CC(F)F)c2cn[nH]n2)cc1C(=O)Nc1ccc(F)c(C#N)c1. The van der Waals surface area contributed by atoms with Gasteiger partial charge in [-0.1, -0.05) is 0 Å². The van der Waals surface area contributed by atoms with E-state index in [1.54, 1.807) is 6.07 Å². The summed E-state index contributed by atoms with van der Waals surface area (Å²) in [6, 6.07) is 4.96. The maximum Gasteiger partial charge on any atom is 0.292 e. The minimum atomic E-state index is -2.78. The fourth-order valence-electron chi connectivity index (χ4n) is 2.96. The van der Waals surface area contributed by atoms with Crippen molar-refractivity contribution in [2.24, 2.45) is 7.05 Å². The van der Waals surface area contributed by atoms with Crippen LogP contribution in [0.5, 0.6) is 0 Å². The van der Waals surface area contributed by atoms with Crippen LogP contribution in [0.4, 0.5) is 18.9 Å². The van der Waals surface area contributed by atoms with Gasteiger partial charge >= 0.3 is 0 Å². The van der Waals surface area contributed by atoms with Gasteiger partial charge in [-0.25, -0.2) is 13.2 Å². The Morgan fingerprint density at radius 2 is 2.03 bits per heavy atom. The Bertz CT molecular complexity index is 1230. The molecule has 0 saturated carbocycles. The summed E-state index contributed by atoms with van der Waals surface area (Å²) in [5.41, 5.74) is -0.270. The van der Waals surface area contributed by atoms with Crippen LogP contribution < -0.4 is 10.6 Å². The molecule has 10 nitrogen and oxygen atoms in total. The molecule has 1 aromatic carbocycles. The van der Waals surface area contributed by atoms with Crippen LogP contribution >= 0.6 is 0 Å². The lowest BCUT2D eigenvalue weighted by molar-refractivity contribution is -0.118. The smallest absolute Gasteiger partial charge is 0.292 e. The van der Waals surface area contributed by atoms with Gasteiger partial charge < -0.3 is 15.2 Å². The number of halogens is 3. The average molecular weight is 459 g/mol. The number of aromatic amines is 1. The number of carbonyl (C=O) groups excluding carboxylic acids is 3. The van der Waals surface area contributed by atoms with E-state index < -0.39 is 42.3 Å². The lowest BCUT2D eigenvalue weighted by Crippen LogP contribution is -2.35. The molecule has 2 amide bonds. The number of H-pyrrole nitrogens is 1. The number of amides is 2. The number of hydrogen-bond acceptors (Lipinski definition) is 6. The molecule has 0 spiro atoms. The van der Waals surface area contributed by atoms with Crippen molar-refractivity contribution in [3.05, 3.63) is 65.0 Å². The number of Topliss-reactive ketones (excluding diaryl/α,β-unsaturated/α-hetero) is 1. The molecule has 0 aliphatic rings. The third-order valence-corrected chi connectivity index (χ3v) is 4.56. The second kappa shape index (κ2) is 9.77. The highest BCUT2D eigenvalue weighted by Crippen LogP contribution is 2.19. The molecule has 0 aliphatic carbocycles. The van der Waals surface area contributed by atoms with Gasteiger partial charge in [0, 0.05) is 30.9 Å². The lowest BCUT2D eigenvalue weighted by Gasteiger charge is -2.15. The standard InChI is InChI=1S/C20H16F3N7O3/c1-30-9-11(5-16(30)19(32)26-12-2-3-13(21)10(4-12)7-24)18(31)20(33)27-14(6-17(22)23)15-8-25-29-28-15/h2-5,8-9,14,17H,6H2,1H3,(H,26,32)(H,27,33)(H,25,28,29)/t14-/m1/s1. The molecule has 2 aromatic heterocycles. The van der Waals surface area contributed by atoms with Gasteiger partial charge in [-0.05, 0) is 24.3 Å². The van der Waals surface area contributed by atoms with Crippen molar-refractivity contribution < 1.29 is 27.6 Å². The van der Waals surface area contributed by atoms with Crippen LogP contribution in [0.2, 0.25) is 0 Å². The number of nitrogens with one attached hydrogen (secondary N) is 3. The first-order valence-electron chi connectivity index (χ1n) is 9.36. The Kier molecular flexibility index (Phi) is 6.87. The molecular formula is C20H16F3N7O3. The molecule has 170 valence electrons. The highest BCUT2D eigenvalue weighted by molar-refractivity contribution is 6.43. The van der Waals surface area contributed by atoms with E-state index in [9.17, 15) is 27.6 Å². The number of aryl methyl sites for hydroxylation is 1. The Morgan fingerprint density at radius 1 is 1.27 bits per heavy atom. The van der Waals surface area contributed by atoms with Crippen LogP contribution in [0, 0.1) is 17.1 Å². The van der Waals surface area contributed by atoms with Crippen molar-refractivity contribution in [3.63, 3.8) is 0 Å². The van der Waals surface area contributed by atoms with Gasteiger partial charge in [0.25, 0.3) is 17.6 Å². The molecule has 0 saturated heterocycles. The Hall–Kier alpha value is -4.47. The van der Waals surface area contributed by atoms with Gasteiger partial charge in [0.15, 0.2) is 0 Å². The minimum Gasteiger partial charge on any atom is -0.346 e. The summed E-state index contributed by atoms with van der Waals surface area (Å²) >= 11 is 0. The normalized spacial score (nSPS) is 11.6. The maximum absolute atomic E-state index is 13.4. The Morgan fingerprint density at radius 3 is 2.67 bits per heavy atom. The number of ketones is 1. The van der Waals surface area contributed by atoms with Gasteiger partial charge in [-0.15, -0.1) is 0 Å². The van der Waals surface area contributed by atoms with E-state index in [2.05, 4.69) is 26.0 Å². The summed E-state index contributed by atoms with van der Waals surface area (Å²) in [7, 11) is 1.45. The third kappa shape index (κ3) is 5.42. The van der Waals surface area contributed by atoms with Crippen LogP contribution in [0.3, 0.4) is 0 Å². The molecule has 33 heavy (non-hydrogen) atoms. The van der Waals surface area contributed by atoms with Crippen molar-refractivity contribution in [1.82, 2.24) is 25.3 Å². The number of alkyl halides is 2. The Balaban J connectivity index is 1.74. The number of nitriles is 1. The van der Waals surface area contributed by atoms with Crippen LogP contribution in [0.15, 0.2) is 36.7 Å². The number of rotatable bonds is 8. The van der Waals surface area contributed by atoms with Crippen molar-refractivity contribution in [3.8, 4) is 6.07 Å². The lowest BCUT2D eigenvalue weighted by atomic mass is 10.1. The number of nitrogens with zero attached hydrogens (tertiary/aromatic N) is 4. The van der Waals surface area contributed by atoms with Crippen molar-refractivity contribution in [2.75, 3.05) is 5.32 Å². The van der Waals surface area contributed by atoms with E-state index >= 15 is 0 Å². The second-order valence-corrected chi connectivity index (χ2v) is 6.86. The molecule has 0 bridgehead atoms. The maximum atomic E-state index is 13.4. The van der Waals surface area contributed by atoms with Crippen LogP contribution in [-0.4, -0.2) is 44.0 Å². The molecule has 3 N–H and O–H groups in total. The van der Waals surface area contributed by atoms with Crippen molar-refractivity contribution in [2.45, 2.75) is 18.9 Å². The summed E-state index contributed by atoms with van der Waals surface area (Å²) in [6.45, 7) is 0. The molecule has 1 atom stereocenters. The first-order chi connectivity index (χ1) is 15.7. The zero-order chi connectivity index (χ0) is 24.1. The first kappa shape index (κ1) is 23.2. The van der Waals surface area contributed by atoms with Gasteiger partial charge in [0.05, 0.1) is 17.8 Å². The fraction of sp³-hybridized carbons (Fsp3) is 0.200. The average Bonchev–Trinajstić information content (AvgIpc) is 3.43. The third-order valence-electron chi connectivity index (χ3n) is 4.56. The molecule has 0 fully saturated rings. The molecule has 0 radical (unpaired) electrons. The minimum absolute atomic E-state index is 0.0189. The van der Waals surface area contributed by atoms with Crippen LogP contribution in [0.1, 0.15) is 44.6 Å². The quantitative estimate of drug-likeness (QED) is 0.347. The van der Waals surface area contributed by atoms with Gasteiger partial charge in [0.2, 0.25) is 6.43 Å². The summed E-state index contributed by atoms with van der Waals surface area (Å²) in [5.74, 6) is -3.66. The summed E-state index contributed by atoms with van der Waals surface area (Å²) in [4.78, 5) is 37.5. The van der Waals surface area contributed by atoms with Crippen molar-refractivity contribution >= 4 is 23.3 Å². The second-order valence-electron chi connectivity index (χ2n) is 6.86. The number of hydrogen-bond donors (Lipinski definition) is 3. The molecule has 0 aliphatic heterocycles. The van der Waals surface area contributed by atoms with Gasteiger partial charge in [-0.2, -0.15) is 20.7 Å². The van der Waals surface area contributed by atoms with Crippen molar-refractivity contribution in [1.29, 1.82) is 5.26 Å². The van der Waals surface area contributed by atoms with Gasteiger partial charge in [-0.3, -0.25) is 14.4 Å². The highest BCUT2D eigenvalue weighted by Gasteiger charge is 2.27. The fourth-order valence-corrected chi connectivity index (χ4v) is 2.96. The number of benzene rings is 1. The molecule has 3 aromatic rings. The summed E-state index contributed by atoms with van der Waals surface area (Å²) in [6.07, 6.45) is -1.19. The van der Waals surface area contributed by atoms with E-state index in [0.29, 0.717) is 0 Å². The summed E-state index contributed by atoms with van der Waals surface area (Å²) < 4.78 is 40.5. The van der Waals surface area contributed by atoms with Crippen LogP contribution in [-0.2, 0) is 11.8 Å². The summed E-state index contributed by atoms with van der Waals surface area (Å²) in [5, 5.41) is 23.0. The van der Waals surface area contributed by atoms with E-state index in [0.717, 1.165) is 24.4 Å². The monoisotopic (exact) mass is 459 g/mol. The molecule has 0 unspecified atom stereocenters. The molecular weight excluding hydrogens is 443 g/mol. The number of aromatic nitrogens is 4. The first-order valence-corrected chi connectivity index (χ1v) is 9.36. The largest absolute Gasteiger partial charge is 0.346 e. The highest BCUT2D eigenvalue weighted by atomic mass is 19.3. The zero-order valence-electron chi connectivity index (χ0n) is 17.0. The van der Waals surface area contributed by atoms with E-state index in [4.69, 9.17) is 5.26 Å². The van der Waals surface area contributed by atoms with Crippen LogP contribution in [0.25, 0.3) is 0 Å². The zero-order valence-corrected chi connectivity index (χ0v) is 17.0. The van der Waals surface area contributed by atoms with E-state index in [1.165, 1.54) is 23.9 Å². The van der Waals surface area contributed by atoms with E-state index in [-0.39, 0.29) is 28.2 Å². The predicted octanol–water partition coefficient (Wildman–Crippen LogP) is 2.10. The topological polar surface area (TPSA) is 146 Å². The molecule has 2 heterocycles. The molecule has 13 heteroatoms.